The van der Waals surface area contributed by atoms with E-state index in [0.717, 1.165) is 0 Å². The maximum atomic E-state index is 11.8. The second-order valence-corrected chi connectivity index (χ2v) is 3.77. The Morgan fingerprint density at radius 2 is 1.78 bits per heavy atom. The van der Waals surface area contributed by atoms with Crippen LogP contribution in [0.2, 0.25) is 0 Å². The molecule has 0 fully saturated rings. The van der Waals surface area contributed by atoms with E-state index in [1.807, 2.05) is 0 Å². The van der Waals surface area contributed by atoms with E-state index in [1.165, 1.54) is 12.1 Å². The van der Waals surface area contributed by atoms with Crippen LogP contribution in [0.5, 0.6) is 0 Å². The second kappa shape index (κ2) is 4.97. The number of rotatable bonds is 4. The van der Waals surface area contributed by atoms with Crippen LogP contribution in [0.25, 0.3) is 0 Å². The van der Waals surface area contributed by atoms with Crippen LogP contribution in [-0.4, -0.2) is 36.4 Å². The SMILES string of the molecule is CNCCC(=O)ON1C(=O)c2ccccc2C1=O. The Morgan fingerprint density at radius 3 is 2.28 bits per heavy atom. The fraction of sp³-hybridized carbons (Fsp3) is 0.250. The molecule has 1 aliphatic heterocycles. The van der Waals surface area contributed by atoms with Gasteiger partial charge in [0, 0.05) is 6.54 Å². The number of hydroxylamine groups is 2. The summed E-state index contributed by atoms with van der Waals surface area (Å²) in [5, 5.41) is 3.29. The van der Waals surface area contributed by atoms with Crippen molar-refractivity contribution in [3.05, 3.63) is 35.4 Å². The molecule has 0 saturated carbocycles. The van der Waals surface area contributed by atoms with Crippen molar-refractivity contribution in [1.82, 2.24) is 10.4 Å². The summed E-state index contributed by atoms with van der Waals surface area (Å²) in [6, 6.07) is 6.35. The third-order valence-electron chi connectivity index (χ3n) is 2.53. The maximum absolute atomic E-state index is 11.8. The molecule has 1 heterocycles. The molecule has 0 radical (unpaired) electrons. The highest BCUT2D eigenvalue weighted by atomic mass is 16.7. The highest BCUT2D eigenvalue weighted by Crippen LogP contribution is 2.22. The van der Waals surface area contributed by atoms with Gasteiger partial charge in [-0.1, -0.05) is 17.2 Å². The molecule has 0 saturated heterocycles. The van der Waals surface area contributed by atoms with E-state index in [1.54, 1.807) is 19.2 Å². The third-order valence-corrected chi connectivity index (χ3v) is 2.53. The Balaban J connectivity index is 2.11. The summed E-state index contributed by atoms with van der Waals surface area (Å²) in [4.78, 5) is 39.8. The van der Waals surface area contributed by atoms with Crippen molar-refractivity contribution in [2.24, 2.45) is 0 Å². The summed E-state index contributed by atoms with van der Waals surface area (Å²) in [6.07, 6.45) is 0.0872. The molecular weight excluding hydrogens is 236 g/mol. The van der Waals surface area contributed by atoms with Gasteiger partial charge in [0.2, 0.25) is 0 Å². The van der Waals surface area contributed by atoms with E-state index in [2.05, 4.69) is 5.32 Å². The van der Waals surface area contributed by atoms with Crippen LogP contribution >= 0.6 is 0 Å². The van der Waals surface area contributed by atoms with Gasteiger partial charge in [-0.25, -0.2) is 4.79 Å². The van der Waals surface area contributed by atoms with Crippen molar-refractivity contribution < 1.29 is 19.2 Å². The van der Waals surface area contributed by atoms with Crippen LogP contribution in [0, 0.1) is 0 Å². The van der Waals surface area contributed by atoms with Gasteiger partial charge in [0.05, 0.1) is 17.5 Å². The number of amides is 2. The standard InChI is InChI=1S/C12H12N2O4/c1-13-7-6-10(15)18-14-11(16)8-4-2-3-5-9(8)12(14)17/h2-5,13H,6-7H2,1H3. The van der Waals surface area contributed by atoms with E-state index >= 15 is 0 Å². The number of benzene rings is 1. The molecule has 6 nitrogen and oxygen atoms in total. The van der Waals surface area contributed by atoms with Gasteiger partial charge in [-0.3, -0.25) is 9.59 Å². The summed E-state index contributed by atoms with van der Waals surface area (Å²) in [5.41, 5.74) is 0.507. The lowest BCUT2D eigenvalue weighted by Gasteiger charge is -2.12. The van der Waals surface area contributed by atoms with Gasteiger partial charge in [0.25, 0.3) is 11.8 Å². The Morgan fingerprint density at radius 1 is 1.22 bits per heavy atom. The lowest BCUT2D eigenvalue weighted by atomic mass is 10.1. The number of carbonyl (C=O) groups excluding carboxylic acids is 3. The highest BCUT2D eigenvalue weighted by molar-refractivity contribution is 6.20. The minimum atomic E-state index is -0.626. The number of fused-ring (bicyclic) bond motifs is 1. The maximum Gasteiger partial charge on any atom is 0.334 e. The van der Waals surface area contributed by atoms with Gasteiger partial charge >= 0.3 is 5.97 Å². The molecule has 0 bridgehead atoms. The lowest BCUT2D eigenvalue weighted by Crippen LogP contribution is -2.33. The van der Waals surface area contributed by atoms with E-state index in [4.69, 9.17) is 4.84 Å². The van der Waals surface area contributed by atoms with Crippen LogP contribution in [0.3, 0.4) is 0 Å². The molecule has 6 heteroatoms. The molecule has 2 amide bonds. The molecule has 1 aromatic rings. The largest absolute Gasteiger partial charge is 0.334 e. The molecule has 0 atom stereocenters. The first-order valence-corrected chi connectivity index (χ1v) is 5.48. The Hall–Kier alpha value is -2.21. The summed E-state index contributed by atoms with van der Waals surface area (Å²) in [7, 11) is 1.69. The van der Waals surface area contributed by atoms with Crippen LogP contribution in [0.4, 0.5) is 0 Å². The van der Waals surface area contributed by atoms with Gasteiger partial charge in [0.1, 0.15) is 0 Å². The van der Waals surface area contributed by atoms with Crippen LogP contribution in [-0.2, 0) is 9.63 Å². The average molecular weight is 248 g/mol. The van der Waals surface area contributed by atoms with Crippen molar-refractivity contribution in [2.45, 2.75) is 6.42 Å². The fourth-order valence-corrected chi connectivity index (χ4v) is 1.62. The zero-order chi connectivity index (χ0) is 13.1. The van der Waals surface area contributed by atoms with Gasteiger partial charge in [-0.15, -0.1) is 0 Å². The molecule has 18 heavy (non-hydrogen) atoms. The first kappa shape index (κ1) is 12.3. The van der Waals surface area contributed by atoms with Gasteiger partial charge in [-0.05, 0) is 19.2 Å². The zero-order valence-electron chi connectivity index (χ0n) is 9.80. The molecule has 1 aromatic carbocycles. The molecule has 1 N–H and O–H groups in total. The molecule has 0 unspecified atom stereocenters. The van der Waals surface area contributed by atoms with E-state index < -0.39 is 17.8 Å². The molecule has 0 spiro atoms. The van der Waals surface area contributed by atoms with Crippen LogP contribution < -0.4 is 5.32 Å². The lowest BCUT2D eigenvalue weighted by molar-refractivity contribution is -0.168. The average Bonchev–Trinajstić information content (AvgIpc) is 2.62. The molecular formula is C12H12N2O4. The minimum absolute atomic E-state index is 0.0872. The molecule has 1 aliphatic rings. The van der Waals surface area contributed by atoms with E-state index in [-0.39, 0.29) is 17.5 Å². The fourth-order valence-electron chi connectivity index (χ4n) is 1.62. The van der Waals surface area contributed by atoms with E-state index in [9.17, 15) is 14.4 Å². The second-order valence-electron chi connectivity index (χ2n) is 3.77. The smallest absolute Gasteiger partial charge is 0.330 e. The van der Waals surface area contributed by atoms with E-state index in [0.29, 0.717) is 11.6 Å². The molecule has 94 valence electrons. The quantitative estimate of drug-likeness (QED) is 0.778. The predicted octanol–water partition coefficient (Wildman–Crippen LogP) is 0.350. The number of hydrogen-bond acceptors (Lipinski definition) is 5. The molecule has 0 aliphatic carbocycles. The summed E-state index contributed by atoms with van der Waals surface area (Å²) in [6.45, 7) is 0.419. The molecule has 0 aromatic heterocycles. The first-order valence-electron chi connectivity index (χ1n) is 5.48. The van der Waals surface area contributed by atoms with Crippen molar-refractivity contribution in [3.8, 4) is 0 Å². The predicted molar refractivity (Wildman–Crippen MR) is 61.6 cm³/mol. The summed E-state index contributed by atoms with van der Waals surface area (Å²) in [5.74, 6) is -1.83. The number of hydrogen-bond donors (Lipinski definition) is 1. The van der Waals surface area contributed by atoms with Crippen molar-refractivity contribution in [3.63, 3.8) is 0 Å². The third kappa shape index (κ3) is 2.10. The van der Waals surface area contributed by atoms with Crippen molar-refractivity contribution in [1.29, 1.82) is 0 Å². The van der Waals surface area contributed by atoms with Gasteiger partial charge in [-0.2, -0.15) is 0 Å². The molecule has 2 rings (SSSR count). The summed E-state index contributed by atoms with van der Waals surface area (Å²) < 4.78 is 0. The Kier molecular flexibility index (Phi) is 3.38. The topological polar surface area (TPSA) is 75.7 Å². The number of carbonyl (C=O) groups is 3. The van der Waals surface area contributed by atoms with Crippen molar-refractivity contribution >= 4 is 17.8 Å². The summed E-state index contributed by atoms with van der Waals surface area (Å²) >= 11 is 0. The normalized spacial score (nSPS) is 13.7. The monoisotopic (exact) mass is 248 g/mol. The number of imide groups is 1. The highest BCUT2D eigenvalue weighted by Gasteiger charge is 2.38. The van der Waals surface area contributed by atoms with Crippen LogP contribution in [0.15, 0.2) is 24.3 Å². The Bertz CT molecular complexity index is 478. The minimum Gasteiger partial charge on any atom is -0.330 e. The van der Waals surface area contributed by atoms with Gasteiger partial charge < -0.3 is 10.2 Å². The Labute approximate surface area is 103 Å². The number of nitrogens with one attached hydrogen (secondary N) is 1. The number of nitrogens with zero attached hydrogens (tertiary/aromatic N) is 1. The van der Waals surface area contributed by atoms with Crippen molar-refractivity contribution in [2.75, 3.05) is 13.6 Å². The first-order chi connectivity index (χ1) is 8.65. The zero-order valence-corrected chi connectivity index (χ0v) is 9.80. The van der Waals surface area contributed by atoms with Gasteiger partial charge in [0.15, 0.2) is 0 Å². The van der Waals surface area contributed by atoms with Crippen LogP contribution in [0.1, 0.15) is 27.1 Å².